The average Bonchev–Trinajstić information content (AvgIpc) is 2.49. The minimum atomic E-state index is -0.694. The minimum Gasteiger partial charge on any atom is -0.492 e. The molecule has 0 aliphatic carbocycles. The van der Waals surface area contributed by atoms with Gasteiger partial charge in [-0.2, -0.15) is 0 Å². The van der Waals surface area contributed by atoms with E-state index in [1.165, 1.54) is 0 Å². The molecule has 1 aromatic carbocycles. The lowest BCUT2D eigenvalue weighted by Crippen LogP contribution is -2.49. The van der Waals surface area contributed by atoms with Crippen LogP contribution in [0.2, 0.25) is 10.0 Å². The molecule has 21 heavy (non-hydrogen) atoms. The van der Waals surface area contributed by atoms with E-state index in [0.29, 0.717) is 28.0 Å². The maximum Gasteiger partial charge on any atom is 0.143 e. The van der Waals surface area contributed by atoms with E-state index >= 15 is 0 Å². The summed E-state index contributed by atoms with van der Waals surface area (Å²) in [5.41, 5.74) is 0.653. The minimum absolute atomic E-state index is 0.0270. The van der Waals surface area contributed by atoms with E-state index in [9.17, 15) is 5.11 Å². The smallest absolute Gasteiger partial charge is 0.143 e. The third kappa shape index (κ3) is 4.02. The zero-order chi connectivity index (χ0) is 15.4. The third-order valence-corrected chi connectivity index (χ3v) is 4.33. The van der Waals surface area contributed by atoms with Crippen LogP contribution >= 0.6 is 23.2 Å². The Labute approximate surface area is 136 Å². The highest BCUT2D eigenvalue weighted by molar-refractivity contribution is 6.35. The van der Waals surface area contributed by atoms with Crippen molar-refractivity contribution in [3.63, 3.8) is 0 Å². The van der Waals surface area contributed by atoms with Crippen molar-refractivity contribution in [3.05, 3.63) is 27.7 Å². The van der Waals surface area contributed by atoms with Crippen LogP contribution in [0.25, 0.3) is 0 Å². The molecule has 1 fully saturated rings. The molecule has 2 rings (SSSR count). The van der Waals surface area contributed by atoms with Gasteiger partial charge in [-0.05, 0) is 26.0 Å². The van der Waals surface area contributed by atoms with Gasteiger partial charge >= 0.3 is 0 Å². The average molecular weight is 333 g/mol. The van der Waals surface area contributed by atoms with Gasteiger partial charge in [-0.3, -0.25) is 4.90 Å². The molecule has 0 aromatic heterocycles. The summed E-state index contributed by atoms with van der Waals surface area (Å²) in [6.45, 7) is 8.09. The molecule has 1 aliphatic rings. The second-order valence-corrected chi connectivity index (χ2v) is 6.05. The van der Waals surface area contributed by atoms with Crippen LogP contribution in [0.1, 0.15) is 25.5 Å². The normalized spacial score (nSPS) is 19.3. The highest BCUT2D eigenvalue weighted by Gasteiger charge is 2.27. The molecule has 0 amide bonds. The zero-order valence-electron chi connectivity index (χ0n) is 12.4. The molecule has 1 saturated heterocycles. The summed E-state index contributed by atoms with van der Waals surface area (Å²) in [4.78, 5) is 2.26. The van der Waals surface area contributed by atoms with Gasteiger partial charge in [0.1, 0.15) is 5.75 Å². The molecule has 1 aliphatic heterocycles. The summed E-state index contributed by atoms with van der Waals surface area (Å²) in [7, 11) is 0. The lowest BCUT2D eigenvalue weighted by atomic mass is 10.0. The van der Waals surface area contributed by atoms with E-state index in [1.807, 2.05) is 13.8 Å². The van der Waals surface area contributed by atoms with E-state index < -0.39 is 6.10 Å². The summed E-state index contributed by atoms with van der Waals surface area (Å²) in [6, 6.07) is 3.35. The van der Waals surface area contributed by atoms with Crippen LogP contribution in [0.15, 0.2) is 12.1 Å². The molecule has 1 heterocycles. The number of hydrogen-bond donors (Lipinski definition) is 2. The quantitative estimate of drug-likeness (QED) is 0.870. The number of halogens is 2. The monoisotopic (exact) mass is 332 g/mol. The Morgan fingerprint density at radius 1 is 1.33 bits per heavy atom. The van der Waals surface area contributed by atoms with E-state index in [4.69, 9.17) is 27.9 Å². The SMILES string of the molecule is CCOc1c(Cl)cc(Cl)cc1C(O)C(C)N1CCNCC1. The molecule has 0 saturated carbocycles. The highest BCUT2D eigenvalue weighted by atomic mass is 35.5. The number of benzene rings is 1. The molecule has 2 N–H and O–H groups in total. The third-order valence-electron chi connectivity index (χ3n) is 3.83. The van der Waals surface area contributed by atoms with Crippen LogP contribution in [0.4, 0.5) is 0 Å². The predicted octanol–water partition coefficient (Wildman–Crippen LogP) is 2.72. The van der Waals surface area contributed by atoms with Crippen LogP contribution in [0.5, 0.6) is 5.75 Å². The molecular weight excluding hydrogens is 311 g/mol. The van der Waals surface area contributed by atoms with Crippen LogP contribution in [-0.4, -0.2) is 48.8 Å². The van der Waals surface area contributed by atoms with Crippen molar-refractivity contribution in [2.45, 2.75) is 26.0 Å². The fourth-order valence-corrected chi connectivity index (χ4v) is 3.21. The van der Waals surface area contributed by atoms with Crippen molar-refractivity contribution in [2.24, 2.45) is 0 Å². The fraction of sp³-hybridized carbons (Fsp3) is 0.600. The Balaban J connectivity index is 2.26. The van der Waals surface area contributed by atoms with E-state index in [-0.39, 0.29) is 6.04 Å². The highest BCUT2D eigenvalue weighted by Crippen LogP contribution is 2.38. The van der Waals surface area contributed by atoms with Crippen molar-refractivity contribution >= 4 is 23.2 Å². The van der Waals surface area contributed by atoms with Gasteiger partial charge in [0.25, 0.3) is 0 Å². The summed E-state index contributed by atoms with van der Waals surface area (Å²) in [6.07, 6.45) is -0.694. The predicted molar refractivity (Wildman–Crippen MR) is 86.5 cm³/mol. The van der Waals surface area contributed by atoms with Gasteiger partial charge < -0.3 is 15.2 Å². The first-order valence-corrected chi connectivity index (χ1v) is 8.04. The van der Waals surface area contributed by atoms with Crippen LogP contribution < -0.4 is 10.1 Å². The fourth-order valence-electron chi connectivity index (χ4n) is 2.65. The van der Waals surface area contributed by atoms with Gasteiger partial charge in [0.15, 0.2) is 0 Å². The van der Waals surface area contributed by atoms with Gasteiger partial charge in [0.05, 0.1) is 17.7 Å². The van der Waals surface area contributed by atoms with Gasteiger partial charge in [-0.1, -0.05) is 23.2 Å². The van der Waals surface area contributed by atoms with Crippen molar-refractivity contribution in [2.75, 3.05) is 32.8 Å². The van der Waals surface area contributed by atoms with Gasteiger partial charge in [-0.25, -0.2) is 0 Å². The first-order chi connectivity index (χ1) is 10.0. The van der Waals surface area contributed by atoms with Crippen molar-refractivity contribution in [3.8, 4) is 5.75 Å². The number of aliphatic hydroxyl groups is 1. The number of nitrogens with one attached hydrogen (secondary N) is 1. The van der Waals surface area contributed by atoms with Gasteiger partial charge in [-0.15, -0.1) is 0 Å². The molecule has 1 aromatic rings. The first-order valence-electron chi connectivity index (χ1n) is 7.29. The Morgan fingerprint density at radius 2 is 2.00 bits per heavy atom. The summed E-state index contributed by atoms with van der Waals surface area (Å²) >= 11 is 12.3. The number of nitrogens with zero attached hydrogens (tertiary/aromatic N) is 1. The molecule has 2 unspecified atom stereocenters. The van der Waals surface area contributed by atoms with Crippen LogP contribution in [0, 0.1) is 0 Å². The van der Waals surface area contributed by atoms with Gasteiger partial charge in [0.2, 0.25) is 0 Å². The summed E-state index contributed by atoms with van der Waals surface area (Å²) in [5.74, 6) is 0.526. The second-order valence-electron chi connectivity index (χ2n) is 5.21. The molecule has 0 spiro atoms. The Bertz CT molecular complexity index is 479. The molecule has 118 valence electrons. The second kappa shape index (κ2) is 7.65. The number of rotatable bonds is 5. The largest absolute Gasteiger partial charge is 0.492 e. The molecule has 6 heteroatoms. The Morgan fingerprint density at radius 3 is 2.62 bits per heavy atom. The molecule has 0 bridgehead atoms. The standard InChI is InChI=1S/C15H22Cl2N2O2/c1-3-21-15-12(8-11(16)9-13(15)17)14(20)10(2)19-6-4-18-5-7-19/h8-10,14,18,20H,3-7H2,1-2H3. The lowest BCUT2D eigenvalue weighted by molar-refractivity contribution is 0.0491. The molecule has 0 radical (unpaired) electrons. The van der Waals surface area contributed by atoms with E-state index in [1.54, 1.807) is 12.1 Å². The summed E-state index contributed by atoms with van der Waals surface area (Å²) < 4.78 is 5.60. The number of hydrogen-bond acceptors (Lipinski definition) is 4. The van der Waals surface area contributed by atoms with Crippen molar-refractivity contribution < 1.29 is 9.84 Å². The lowest BCUT2D eigenvalue weighted by Gasteiger charge is -2.36. The zero-order valence-corrected chi connectivity index (χ0v) is 13.9. The van der Waals surface area contributed by atoms with Crippen LogP contribution in [0.3, 0.4) is 0 Å². The topological polar surface area (TPSA) is 44.7 Å². The van der Waals surface area contributed by atoms with Gasteiger partial charge in [0, 0.05) is 42.8 Å². The van der Waals surface area contributed by atoms with Crippen molar-refractivity contribution in [1.82, 2.24) is 10.2 Å². The Hall–Kier alpha value is -0.520. The first kappa shape index (κ1) is 16.8. The molecule has 2 atom stereocenters. The maximum absolute atomic E-state index is 10.7. The van der Waals surface area contributed by atoms with E-state index in [0.717, 1.165) is 26.2 Å². The summed E-state index contributed by atoms with van der Waals surface area (Å²) in [5, 5.41) is 15.0. The maximum atomic E-state index is 10.7. The number of aliphatic hydroxyl groups excluding tert-OH is 1. The number of piperazine rings is 1. The molecular formula is C15H22Cl2N2O2. The van der Waals surface area contributed by atoms with E-state index in [2.05, 4.69) is 10.2 Å². The number of ether oxygens (including phenoxy) is 1. The van der Waals surface area contributed by atoms with Crippen molar-refractivity contribution in [1.29, 1.82) is 0 Å². The Kier molecular flexibility index (Phi) is 6.14. The molecule has 4 nitrogen and oxygen atoms in total. The van der Waals surface area contributed by atoms with Crippen LogP contribution in [-0.2, 0) is 0 Å².